The van der Waals surface area contributed by atoms with E-state index in [1.807, 2.05) is 6.07 Å². The Bertz CT molecular complexity index is 968. The molecule has 0 aromatic heterocycles. The average Bonchev–Trinajstić information content (AvgIpc) is 3.21. The third kappa shape index (κ3) is 4.18. The normalized spacial score (nSPS) is 33.4. The van der Waals surface area contributed by atoms with Crippen LogP contribution in [0.2, 0.25) is 0 Å². The zero-order valence-corrected chi connectivity index (χ0v) is 19.3. The molecule has 0 spiro atoms. The summed E-state index contributed by atoms with van der Waals surface area (Å²) in [5.41, 5.74) is 0.129. The van der Waals surface area contributed by atoms with Crippen LogP contribution < -0.4 is 4.90 Å². The molecule has 4 bridgehead atoms. The second-order valence-corrected chi connectivity index (χ2v) is 10.6. The van der Waals surface area contributed by atoms with Crippen molar-refractivity contribution in [3.05, 3.63) is 30.3 Å². The summed E-state index contributed by atoms with van der Waals surface area (Å²) in [7, 11) is 0. The molecular weight excluding hydrogens is 434 g/mol. The van der Waals surface area contributed by atoms with Gasteiger partial charge in [-0.3, -0.25) is 14.5 Å². The summed E-state index contributed by atoms with van der Waals surface area (Å²) in [6.07, 6.45) is 5.60. The van der Waals surface area contributed by atoms with Crippen LogP contribution >= 0.6 is 0 Å². The maximum absolute atomic E-state index is 13.8. The van der Waals surface area contributed by atoms with E-state index >= 15 is 0 Å². The van der Waals surface area contributed by atoms with Crippen LogP contribution in [0.15, 0.2) is 30.3 Å². The first-order chi connectivity index (χ1) is 16.4. The summed E-state index contributed by atoms with van der Waals surface area (Å²) in [6.45, 7) is -0.570. The molecule has 2 amide bonds. The molecule has 1 aromatic carbocycles. The molecule has 1 unspecified atom stereocenters. The van der Waals surface area contributed by atoms with Crippen molar-refractivity contribution in [1.29, 1.82) is 5.26 Å². The first kappa shape index (κ1) is 22.9. The van der Waals surface area contributed by atoms with Gasteiger partial charge < -0.3 is 14.7 Å². The number of aliphatic hydroxyl groups is 1. The zero-order chi connectivity index (χ0) is 23.9. The number of amides is 2. The minimum Gasteiger partial charge on any atom is -0.454 e. The Morgan fingerprint density at radius 2 is 1.68 bits per heavy atom. The van der Waals surface area contributed by atoms with Crippen LogP contribution in [0.3, 0.4) is 0 Å². The third-order valence-corrected chi connectivity index (χ3v) is 8.24. The fourth-order valence-electron chi connectivity index (χ4n) is 7.25. The van der Waals surface area contributed by atoms with Crippen molar-refractivity contribution in [2.24, 2.45) is 23.2 Å². The smallest absolute Gasteiger partial charge is 0.329 e. The molecule has 0 radical (unpaired) electrons. The maximum atomic E-state index is 13.8. The van der Waals surface area contributed by atoms with Crippen molar-refractivity contribution in [3.63, 3.8) is 0 Å². The molecule has 1 saturated heterocycles. The highest BCUT2D eigenvalue weighted by atomic mass is 16.5. The summed E-state index contributed by atoms with van der Waals surface area (Å²) in [4.78, 5) is 42.3. The lowest BCUT2D eigenvalue weighted by Gasteiger charge is -2.56. The third-order valence-electron chi connectivity index (χ3n) is 8.24. The number of hydrogen-bond donors (Lipinski definition) is 1. The molecule has 1 aliphatic heterocycles. The molecule has 8 nitrogen and oxygen atoms in total. The van der Waals surface area contributed by atoms with Crippen LogP contribution in [0, 0.1) is 34.5 Å². The highest BCUT2D eigenvalue weighted by Gasteiger charge is 2.57. The van der Waals surface area contributed by atoms with E-state index in [9.17, 15) is 19.5 Å². The van der Waals surface area contributed by atoms with Gasteiger partial charge in [0, 0.05) is 18.7 Å². The fraction of sp³-hybridized carbons (Fsp3) is 0.615. The predicted octanol–water partition coefficient (Wildman–Crippen LogP) is 2.26. The first-order valence-electron chi connectivity index (χ1n) is 12.3. The number of nitriles is 1. The minimum absolute atomic E-state index is 0.0215. The zero-order valence-electron chi connectivity index (χ0n) is 19.3. The lowest BCUT2D eigenvalue weighted by Crippen LogP contribution is -2.56. The molecule has 6 rings (SSSR count). The molecule has 1 aromatic rings. The number of nitrogens with zero attached hydrogens (tertiary/aromatic N) is 3. The average molecular weight is 466 g/mol. The van der Waals surface area contributed by atoms with Crippen LogP contribution in [0.1, 0.15) is 44.9 Å². The van der Waals surface area contributed by atoms with Crippen molar-refractivity contribution in [2.75, 3.05) is 24.6 Å². The van der Waals surface area contributed by atoms with Crippen molar-refractivity contribution in [2.45, 2.75) is 57.1 Å². The van der Waals surface area contributed by atoms with Crippen LogP contribution in [0.4, 0.5) is 5.69 Å². The van der Waals surface area contributed by atoms with Gasteiger partial charge in [0.05, 0.1) is 17.6 Å². The van der Waals surface area contributed by atoms with E-state index in [1.54, 1.807) is 30.3 Å². The first-order valence-corrected chi connectivity index (χ1v) is 12.3. The van der Waals surface area contributed by atoms with Gasteiger partial charge in [-0.2, -0.15) is 5.26 Å². The fourth-order valence-corrected chi connectivity index (χ4v) is 7.25. The number of carbonyl (C=O) groups excluding carboxylic acids is 3. The summed E-state index contributed by atoms with van der Waals surface area (Å²) in [5, 5.41) is 19.4. The number of likely N-dealkylation sites (tertiary alicyclic amines) is 1. The second-order valence-electron chi connectivity index (χ2n) is 10.6. The van der Waals surface area contributed by atoms with Crippen molar-refractivity contribution >= 4 is 23.5 Å². The van der Waals surface area contributed by atoms with E-state index in [1.165, 1.54) is 29.1 Å². The molecule has 2 atom stereocenters. The van der Waals surface area contributed by atoms with E-state index in [2.05, 4.69) is 0 Å². The summed E-state index contributed by atoms with van der Waals surface area (Å²) in [6, 6.07) is 9.80. The number of β-amino-alcohol motifs (C(OH)–C–C–N with tert-alkyl or cyclic N) is 1. The van der Waals surface area contributed by atoms with E-state index in [0.717, 1.165) is 19.3 Å². The molecule has 8 heteroatoms. The molecular formula is C26H31N3O5. The second kappa shape index (κ2) is 9.03. The Labute approximate surface area is 199 Å². The van der Waals surface area contributed by atoms with Crippen LogP contribution in [-0.4, -0.2) is 59.6 Å². The predicted molar refractivity (Wildman–Crippen MR) is 122 cm³/mol. The van der Waals surface area contributed by atoms with Crippen LogP contribution in [0.5, 0.6) is 0 Å². The maximum Gasteiger partial charge on any atom is 0.329 e. The number of hydrogen-bond acceptors (Lipinski definition) is 6. The molecule has 1 N–H and O–H groups in total. The van der Waals surface area contributed by atoms with Gasteiger partial charge >= 0.3 is 5.97 Å². The highest BCUT2D eigenvalue weighted by Crippen LogP contribution is 2.60. The summed E-state index contributed by atoms with van der Waals surface area (Å²) >= 11 is 0. The van der Waals surface area contributed by atoms with Gasteiger partial charge in [0.25, 0.3) is 5.91 Å². The monoisotopic (exact) mass is 465 g/mol. The van der Waals surface area contributed by atoms with Crippen LogP contribution in [-0.2, 0) is 19.1 Å². The topological polar surface area (TPSA) is 111 Å². The van der Waals surface area contributed by atoms with Crippen molar-refractivity contribution in [3.8, 4) is 6.07 Å². The number of esters is 1. The van der Waals surface area contributed by atoms with E-state index in [0.29, 0.717) is 23.4 Å². The largest absolute Gasteiger partial charge is 0.454 e. The van der Waals surface area contributed by atoms with Gasteiger partial charge in [-0.15, -0.1) is 0 Å². The van der Waals surface area contributed by atoms with Crippen molar-refractivity contribution in [1.82, 2.24) is 4.90 Å². The van der Waals surface area contributed by atoms with Gasteiger partial charge in [0.1, 0.15) is 12.6 Å². The lowest BCUT2D eigenvalue weighted by molar-refractivity contribution is -0.166. The number of rotatable bonds is 6. The Morgan fingerprint density at radius 3 is 2.26 bits per heavy atom. The molecule has 4 saturated carbocycles. The Hall–Kier alpha value is -2.92. The molecule has 5 aliphatic rings. The SMILES string of the molecule is N#CCN(C(=O)COC(=O)[C@@H]1CC(O)CN1C(=O)C12CC3CC(CC(C3)C1)C2)c1ccccc1. The molecule has 4 aliphatic carbocycles. The van der Waals surface area contributed by atoms with Gasteiger partial charge in [0.15, 0.2) is 6.61 Å². The lowest BCUT2D eigenvalue weighted by atomic mass is 9.49. The molecule has 1 heterocycles. The number of carbonyl (C=O) groups is 3. The number of para-hydroxylation sites is 1. The van der Waals surface area contributed by atoms with Crippen molar-refractivity contribution < 1.29 is 24.2 Å². The van der Waals surface area contributed by atoms with E-state index < -0.39 is 36.0 Å². The number of aliphatic hydroxyl groups excluding tert-OH is 1. The van der Waals surface area contributed by atoms with Crippen LogP contribution in [0.25, 0.3) is 0 Å². The Balaban J connectivity index is 1.25. The minimum atomic E-state index is -0.885. The quantitative estimate of drug-likeness (QED) is 0.510. The Kier molecular flexibility index (Phi) is 6.07. The number of anilines is 1. The standard InChI is InChI=1S/C26H31N3O5/c27-6-7-28(20-4-2-1-3-5-20)23(31)16-34-24(32)22-11-21(30)15-29(22)25(33)26-12-17-8-18(13-26)10-19(9-17)14-26/h1-5,17-19,21-22,30H,7-16H2/t17?,18?,19?,21?,22-,26?/m0/s1. The molecule has 34 heavy (non-hydrogen) atoms. The molecule has 5 fully saturated rings. The highest BCUT2D eigenvalue weighted by molar-refractivity contribution is 5.96. The molecule has 180 valence electrons. The van der Waals surface area contributed by atoms with Gasteiger partial charge in [-0.25, -0.2) is 4.79 Å². The van der Waals surface area contributed by atoms with Gasteiger partial charge in [-0.1, -0.05) is 18.2 Å². The number of ether oxygens (including phenoxy) is 1. The Morgan fingerprint density at radius 1 is 1.06 bits per heavy atom. The number of benzene rings is 1. The summed E-state index contributed by atoms with van der Waals surface area (Å²) < 4.78 is 5.34. The van der Waals surface area contributed by atoms with E-state index in [4.69, 9.17) is 10.00 Å². The summed E-state index contributed by atoms with van der Waals surface area (Å²) in [5.74, 6) is 0.568. The van der Waals surface area contributed by atoms with Gasteiger partial charge in [-0.05, 0) is 68.4 Å². The van der Waals surface area contributed by atoms with E-state index in [-0.39, 0.29) is 25.4 Å². The van der Waals surface area contributed by atoms with Gasteiger partial charge in [0.2, 0.25) is 5.91 Å².